The number of anilines is 1. The lowest BCUT2D eigenvalue weighted by molar-refractivity contribution is -0.384. The van der Waals surface area contributed by atoms with E-state index in [-0.39, 0.29) is 18.5 Å². The van der Waals surface area contributed by atoms with Gasteiger partial charge in [0, 0.05) is 29.3 Å². The summed E-state index contributed by atoms with van der Waals surface area (Å²) in [4.78, 5) is 33.5. The second-order valence-corrected chi connectivity index (χ2v) is 5.86. The number of carboxylic acid groups (broad SMARTS) is 1. The average Bonchev–Trinajstić information content (AvgIpc) is 2.56. The van der Waals surface area contributed by atoms with Gasteiger partial charge in [-0.15, -0.1) is 0 Å². The Morgan fingerprint density at radius 1 is 1.12 bits per heavy atom. The SMILES string of the molecule is O=C(C[C@@H](Cc1ccc(Cl)cc1)C(=O)O)Nc1ccc([N+](=O)[O-])cc1. The van der Waals surface area contributed by atoms with Crippen LogP contribution in [0.1, 0.15) is 12.0 Å². The number of carbonyl (C=O) groups is 2. The van der Waals surface area contributed by atoms with Crippen LogP contribution < -0.4 is 5.32 Å². The molecule has 0 aromatic heterocycles. The molecular weight excluding hydrogens is 348 g/mol. The minimum absolute atomic E-state index is 0.0934. The summed E-state index contributed by atoms with van der Waals surface area (Å²) in [6, 6.07) is 12.1. The molecule has 0 aliphatic heterocycles. The summed E-state index contributed by atoms with van der Waals surface area (Å²) >= 11 is 5.79. The van der Waals surface area contributed by atoms with Crippen LogP contribution in [0.2, 0.25) is 5.02 Å². The van der Waals surface area contributed by atoms with Gasteiger partial charge in [-0.2, -0.15) is 0 Å². The van der Waals surface area contributed by atoms with Gasteiger partial charge >= 0.3 is 5.97 Å². The van der Waals surface area contributed by atoms with Crippen molar-refractivity contribution in [3.05, 3.63) is 69.2 Å². The third kappa shape index (κ3) is 5.58. The Bertz CT molecular complexity index is 775. The molecule has 1 atom stereocenters. The molecule has 0 aliphatic rings. The number of nitro benzene ring substituents is 1. The second kappa shape index (κ2) is 8.25. The summed E-state index contributed by atoms with van der Waals surface area (Å²) in [5, 5.41) is 23.0. The first kappa shape index (κ1) is 18.4. The van der Waals surface area contributed by atoms with E-state index in [4.69, 9.17) is 11.6 Å². The lowest BCUT2D eigenvalue weighted by atomic mass is 9.96. The van der Waals surface area contributed by atoms with Crippen molar-refractivity contribution in [2.45, 2.75) is 12.8 Å². The summed E-state index contributed by atoms with van der Waals surface area (Å²) in [6.07, 6.45) is -0.0187. The quantitative estimate of drug-likeness (QED) is 0.578. The van der Waals surface area contributed by atoms with Crippen LogP contribution in [0, 0.1) is 16.0 Å². The average molecular weight is 363 g/mol. The van der Waals surface area contributed by atoms with Gasteiger partial charge in [0.05, 0.1) is 10.8 Å². The van der Waals surface area contributed by atoms with Crippen molar-refractivity contribution in [3.63, 3.8) is 0 Å². The predicted molar refractivity (Wildman–Crippen MR) is 92.6 cm³/mol. The van der Waals surface area contributed by atoms with Crippen molar-refractivity contribution >= 4 is 34.9 Å². The van der Waals surface area contributed by atoms with Gasteiger partial charge in [0.25, 0.3) is 5.69 Å². The van der Waals surface area contributed by atoms with Gasteiger partial charge in [0.1, 0.15) is 0 Å². The number of carboxylic acids is 1. The number of carbonyl (C=O) groups excluding carboxylic acids is 1. The van der Waals surface area contributed by atoms with Crippen molar-refractivity contribution in [2.75, 3.05) is 5.32 Å². The molecular formula is C17H15ClN2O5. The Hall–Kier alpha value is -2.93. The van der Waals surface area contributed by atoms with Gasteiger partial charge in [-0.1, -0.05) is 23.7 Å². The van der Waals surface area contributed by atoms with Crippen LogP contribution in [-0.2, 0) is 16.0 Å². The number of benzene rings is 2. The fourth-order valence-corrected chi connectivity index (χ4v) is 2.38. The molecule has 2 aromatic rings. The number of nitrogens with one attached hydrogen (secondary N) is 1. The molecule has 0 radical (unpaired) electrons. The zero-order valence-corrected chi connectivity index (χ0v) is 13.8. The summed E-state index contributed by atoms with van der Waals surface area (Å²) in [7, 11) is 0. The Balaban J connectivity index is 1.98. The van der Waals surface area contributed by atoms with Crippen LogP contribution in [0.5, 0.6) is 0 Å². The topological polar surface area (TPSA) is 110 Å². The fraction of sp³-hybridized carbons (Fsp3) is 0.176. The van der Waals surface area contributed by atoms with E-state index < -0.39 is 22.7 Å². The molecule has 130 valence electrons. The van der Waals surface area contributed by atoms with Crippen molar-refractivity contribution in [3.8, 4) is 0 Å². The van der Waals surface area contributed by atoms with Crippen LogP contribution in [0.25, 0.3) is 0 Å². The summed E-state index contributed by atoms with van der Waals surface area (Å²) in [5.41, 5.74) is 1.04. The zero-order chi connectivity index (χ0) is 18.4. The minimum Gasteiger partial charge on any atom is -0.481 e. The van der Waals surface area contributed by atoms with Gasteiger partial charge in [-0.25, -0.2) is 0 Å². The maximum Gasteiger partial charge on any atom is 0.307 e. The standard InChI is InChI=1S/C17H15ClN2O5/c18-13-3-1-11(2-4-13)9-12(17(22)23)10-16(21)19-14-5-7-15(8-6-14)20(24)25/h1-8,12H,9-10H2,(H,19,21)(H,22,23)/t12-/m1/s1. The fourth-order valence-electron chi connectivity index (χ4n) is 2.25. The highest BCUT2D eigenvalue weighted by molar-refractivity contribution is 6.30. The number of rotatable bonds is 7. The number of hydrogen-bond donors (Lipinski definition) is 2. The Kier molecular flexibility index (Phi) is 6.08. The van der Waals surface area contributed by atoms with Crippen LogP contribution in [0.3, 0.4) is 0 Å². The Morgan fingerprint density at radius 3 is 2.24 bits per heavy atom. The van der Waals surface area contributed by atoms with E-state index in [2.05, 4.69) is 5.32 Å². The largest absolute Gasteiger partial charge is 0.481 e. The molecule has 0 fully saturated rings. The molecule has 0 heterocycles. The van der Waals surface area contributed by atoms with Crippen LogP contribution in [0.15, 0.2) is 48.5 Å². The molecule has 25 heavy (non-hydrogen) atoms. The molecule has 2 aromatic carbocycles. The molecule has 2 N–H and O–H groups in total. The molecule has 0 aliphatic carbocycles. The summed E-state index contributed by atoms with van der Waals surface area (Å²) < 4.78 is 0. The highest BCUT2D eigenvalue weighted by atomic mass is 35.5. The maximum absolute atomic E-state index is 12.1. The monoisotopic (exact) mass is 362 g/mol. The van der Waals surface area contributed by atoms with Gasteiger partial charge in [-0.05, 0) is 36.2 Å². The van der Waals surface area contributed by atoms with E-state index in [0.717, 1.165) is 5.56 Å². The zero-order valence-electron chi connectivity index (χ0n) is 13.0. The molecule has 0 saturated heterocycles. The van der Waals surface area contributed by atoms with Crippen molar-refractivity contribution in [1.29, 1.82) is 0 Å². The third-order valence-electron chi connectivity index (χ3n) is 3.54. The number of amides is 1. The number of halogens is 1. The Labute approximate surface area is 148 Å². The number of nitrogens with zero attached hydrogens (tertiary/aromatic N) is 1. The van der Waals surface area contributed by atoms with E-state index in [1.165, 1.54) is 24.3 Å². The molecule has 8 heteroatoms. The molecule has 7 nitrogen and oxygen atoms in total. The van der Waals surface area contributed by atoms with Crippen LogP contribution in [0.4, 0.5) is 11.4 Å². The molecule has 0 bridgehead atoms. The first-order valence-corrected chi connectivity index (χ1v) is 7.74. The number of non-ortho nitro benzene ring substituents is 1. The van der Waals surface area contributed by atoms with Crippen molar-refractivity contribution < 1.29 is 19.6 Å². The maximum atomic E-state index is 12.1. The molecule has 0 unspecified atom stereocenters. The second-order valence-electron chi connectivity index (χ2n) is 5.42. The van der Waals surface area contributed by atoms with E-state index >= 15 is 0 Å². The van der Waals surface area contributed by atoms with Crippen molar-refractivity contribution in [1.82, 2.24) is 0 Å². The lowest BCUT2D eigenvalue weighted by Crippen LogP contribution is -2.24. The molecule has 0 spiro atoms. The van der Waals surface area contributed by atoms with Crippen LogP contribution in [-0.4, -0.2) is 21.9 Å². The molecule has 2 rings (SSSR count). The third-order valence-corrected chi connectivity index (χ3v) is 3.79. The summed E-state index contributed by atoms with van der Waals surface area (Å²) in [6.45, 7) is 0. The molecule has 1 amide bonds. The minimum atomic E-state index is -1.08. The predicted octanol–water partition coefficient (Wildman–Crippen LogP) is 3.52. The van der Waals surface area contributed by atoms with E-state index in [1.807, 2.05) is 0 Å². The number of aliphatic carboxylic acids is 1. The highest BCUT2D eigenvalue weighted by Crippen LogP contribution is 2.19. The number of hydrogen-bond acceptors (Lipinski definition) is 4. The first-order valence-electron chi connectivity index (χ1n) is 7.36. The smallest absolute Gasteiger partial charge is 0.307 e. The van der Waals surface area contributed by atoms with Gasteiger partial charge < -0.3 is 10.4 Å². The van der Waals surface area contributed by atoms with Gasteiger partial charge in [-0.3, -0.25) is 19.7 Å². The Morgan fingerprint density at radius 2 is 1.72 bits per heavy atom. The van der Waals surface area contributed by atoms with E-state index in [1.54, 1.807) is 24.3 Å². The van der Waals surface area contributed by atoms with Crippen molar-refractivity contribution in [2.24, 2.45) is 5.92 Å². The van der Waals surface area contributed by atoms with E-state index in [0.29, 0.717) is 10.7 Å². The van der Waals surface area contributed by atoms with Gasteiger partial charge in [0.2, 0.25) is 5.91 Å². The highest BCUT2D eigenvalue weighted by Gasteiger charge is 2.22. The van der Waals surface area contributed by atoms with Crippen LogP contribution >= 0.6 is 11.6 Å². The number of nitro groups is 1. The normalized spacial score (nSPS) is 11.6. The van der Waals surface area contributed by atoms with Gasteiger partial charge in [0.15, 0.2) is 0 Å². The lowest BCUT2D eigenvalue weighted by Gasteiger charge is -2.13. The summed E-state index contributed by atoms with van der Waals surface area (Å²) in [5.74, 6) is -2.44. The first-order chi connectivity index (χ1) is 11.8. The molecule has 0 saturated carbocycles. The van der Waals surface area contributed by atoms with E-state index in [9.17, 15) is 24.8 Å².